The van der Waals surface area contributed by atoms with Gasteiger partial charge in [0, 0.05) is 15.4 Å². The van der Waals surface area contributed by atoms with Gasteiger partial charge in [-0.3, -0.25) is 4.79 Å². The fraction of sp³-hybridized carbons (Fsp3) is 0.0370. The smallest absolute Gasteiger partial charge is 0.307 e. The molecule has 1 aromatic heterocycles. The number of carbonyl (C=O) groups excluding carboxylic acids is 1. The monoisotopic (exact) mass is 498 g/mol. The lowest BCUT2D eigenvalue weighted by Crippen LogP contribution is -2.16. The maximum Gasteiger partial charge on any atom is 0.307 e. The number of nitrogens with one attached hydrogen (secondary N) is 1. The van der Waals surface area contributed by atoms with E-state index < -0.39 is 5.91 Å². The summed E-state index contributed by atoms with van der Waals surface area (Å²) in [6.07, 6.45) is 1.57. The molecule has 6 heteroatoms. The summed E-state index contributed by atoms with van der Waals surface area (Å²) in [5, 5.41) is 7.27. The maximum absolute atomic E-state index is 12.4. The highest BCUT2D eigenvalue weighted by Crippen LogP contribution is 2.24. The van der Waals surface area contributed by atoms with Crippen molar-refractivity contribution in [1.29, 1.82) is 0 Å². The molecule has 0 spiro atoms. The zero-order chi connectivity index (χ0) is 22.6. The van der Waals surface area contributed by atoms with Gasteiger partial charge < -0.3 is 9.15 Å². The Hall–Kier alpha value is -3.90. The van der Waals surface area contributed by atoms with Crippen LogP contribution in [-0.2, 0) is 6.61 Å². The summed E-state index contributed by atoms with van der Waals surface area (Å²) in [4.78, 5) is 12.4. The van der Waals surface area contributed by atoms with Crippen molar-refractivity contribution >= 4 is 49.8 Å². The van der Waals surface area contributed by atoms with E-state index in [0.29, 0.717) is 17.9 Å². The molecule has 0 radical (unpaired) electrons. The molecule has 0 fully saturated rings. The predicted molar refractivity (Wildman–Crippen MR) is 134 cm³/mol. The third-order valence-corrected chi connectivity index (χ3v) is 5.75. The van der Waals surface area contributed by atoms with E-state index in [1.54, 1.807) is 12.3 Å². The summed E-state index contributed by atoms with van der Waals surface area (Å²) >= 11 is 3.41. The van der Waals surface area contributed by atoms with Crippen LogP contribution >= 0.6 is 15.9 Å². The molecule has 0 aliphatic heterocycles. The molecule has 1 heterocycles. The standard InChI is InChI=1S/C27H19BrN2O3/c28-22-12-13-25-21(14-22)15-26(33-25)27(31)30-29-16-19-7-2-4-11-24(19)32-17-20-9-5-8-18-6-1-3-10-23(18)20/h1-16H,17H2,(H,30,31)/b29-16+. The molecule has 162 valence electrons. The number of hydrogen-bond donors (Lipinski definition) is 1. The number of amides is 1. The largest absolute Gasteiger partial charge is 0.488 e. The SMILES string of the molecule is O=C(N/N=C/c1ccccc1OCc1cccc2ccccc12)c1cc2cc(Br)ccc2o1. The molecule has 0 aliphatic rings. The highest BCUT2D eigenvalue weighted by molar-refractivity contribution is 9.10. The van der Waals surface area contributed by atoms with Crippen molar-refractivity contribution in [2.24, 2.45) is 5.10 Å². The molecule has 33 heavy (non-hydrogen) atoms. The van der Waals surface area contributed by atoms with Gasteiger partial charge in [0.2, 0.25) is 0 Å². The van der Waals surface area contributed by atoms with E-state index in [1.807, 2.05) is 60.7 Å². The minimum Gasteiger partial charge on any atom is -0.488 e. The number of hydrazone groups is 1. The topological polar surface area (TPSA) is 63.8 Å². The van der Waals surface area contributed by atoms with E-state index in [4.69, 9.17) is 9.15 Å². The zero-order valence-electron chi connectivity index (χ0n) is 17.5. The number of ether oxygens (including phenoxy) is 1. The van der Waals surface area contributed by atoms with Crippen molar-refractivity contribution in [3.05, 3.63) is 112 Å². The first kappa shape index (κ1) is 21.0. The van der Waals surface area contributed by atoms with Crippen LogP contribution < -0.4 is 10.2 Å². The van der Waals surface area contributed by atoms with Crippen molar-refractivity contribution in [2.45, 2.75) is 6.61 Å². The number of benzene rings is 4. The van der Waals surface area contributed by atoms with Crippen molar-refractivity contribution in [3.8, 4) is 5.75 Å². The summed E-state index contributed by atoms with van der Waals surface area (Å²) in [6, 6.07) is 29.2. The number of hydrogen-bond acceptors (Lipinski definition) is 4. The van der Waals surface area contributed by atoms with Gasteiger partial charge in [0.05, 0.1) is 6.21 Å². The lowest BCUT2D eigenvalue weighted by molar-refractivity contribution is 0.0929. The van der Waals surface area contributed by atoms with E-state index in [9.17, 15) is 4.79 Å². The van der Waals surface area contributed by atoms with Crippen LogP contribution in [0.5, 0.6) is 5.75 Å². The van der Waals surface area contributed by atoms with Crippen LogP contribution in [0, 0.1) is 0 Å². The summed E-state index contributed by atoms with van der Waals surface area (Å²) < 4.78 is 12.6. The summed E-state index contributed by atoms with van der Waals surface area (Å²) in [5.74, 6) is 0.450. The van der Waals surface area contributed by atoms with Gasteiger partial charge in [0.25, 0.3) is 0 Å². The van der Waals surface area contributed by atoms with Gasteiger partial charge in [-0.05, 0) is 52.7 Å². The van der Waals surface area contributed by atoms with E-state index in [0.717, 1.165) is 26.4 Å². The van der Waals surface area contributed by atoms with Crippen molar-refractivity contribution < 1.29 is 13.9 Å². The predicted octanol–water partition coefficient (Wildman–Crippen LogP) is 6.69. The number of para-hydroxylation sites is 1. The van der Waals surface area contributed by atoms with Crippen LogP contribution in [0.3, 0.4) is 0 Å². The molecule has 0 atom stereocenters. The fourth-order valence-electron chi connectivity index (χ4n) is 3.63. The Morgan fingerprint density at radius 3 is 2.70 bits per heavy atom. The molecular formula is C27H19BrN2O3. The molecule has 1 N–H and O–H groups in total. The fourth-order valence-corrected chi connectivity index (χ4v) is 4.01. The van der Waals surface area contributed by atoms with E-state index in [-0.39, 0.29) is 5.76 Å². The van der Waals surface area contributed by atoms with Crippen molar-refractivity contribution in [1.82, 2.24) is 5.43 Å². The van der Waals surface area contributed by atoms with Crippen molar-refractivity contribution in [2.75, 3.05) is 0 Å². The van der Waals surface area contributed by atoms with Crippen LogP contribution in [0.1, 0.15) is 21.7 Å². The maximum atomic E-state index is 12.4. The lowest BCUT2D eigenvalue weighted by atomic mass is 10.1. The molecule has 0 saturated carbocycles. The van der Waals surface area contributed by atoms with E-state index in [2.05, 4.69) is 50.7 Å². The summed E-state index contributed by atoms with van der Waals surface area (Å²) in [7, 11) is 0. The van der Waals surface area contributed by atoms with Gasteiger partial charge in [-0.25, -0.2) is 5.43 Å². The van der Waals surface area contributed by atoms with Gasteiger partial charge in [-0.15, -0.1) is 0 Å². The molecule has 0 bridgehead atoms. The minimum atomic E-state index is -0.423. The molecule has 0 saturated heterocycles. The normalized spacial score (nSPS) is 11.3. The average Bonchev–Trinajstić information content (AvgIpc) is 3.27. The first-order chi connectivity index (χ1) is 16.2. The summed E-state index contributed by atoms with van der Waals surface area (Å²) in [6.45, 7) is 0.424. The Balaban J connectivity index is 1.28. The zero-order valence-corrected chi connectivity index (χ0v) is 19.1. The first-order valence-electron chi connectivity index (χ1n) is 10.4. The highest BCUT2D eigenvalue weighted by atomic mass is 79.9. The lowest BCUT2D eigenvalue weighted by Gasteiger charge is -2.11. The molecular weight excluding hydrogens is 480 g/mol. The van der Waals surface area contributed by atoms with Gasteiger partial charge >= 0.3 is 5.91 Å². The molecule has 5 rings (SSSR count). The molecule has 5 nitrogen and oxygen atoms in total. The third kappa shape index (κ3) is 4.66. The molecule has 4 aromatic carbocycles. The molecule has 5 aromatic rings. The number of nitrogens with zero attached hydrogens (tertiary/aromatic N) is 1. The Morgan fingerprint density at radius 2 is 1.76 bits per heavy atom. The van der Waals surface area contributed by atoms with Gasteiger partial charge in [0.15, 0.2) is 5.76 Å². The van der Waals surface area contributed by atoms with Gasteiger partial charge in [-0.1, -0.05) is 70.5 Å². The Morgan fingerprint density at radius 1 is 0.939 bits per heavy atom. The van der Waals surface area contributed by atoms with Crippen LogP contribution in [0.4, 0.5) is 0 Å². The second-order valence-corrected chi connectivity index (χ2v) is 8.37. The van der Waals surface area contributed by atoms with E-state index in [1.165, 1.54) is 5.39 Å². The molecule has 1 amide bonds. The summed E-state index contributed by atoms with van der Waals surface area (Å²) in [5.41, 5.74) is 5.01. The van der Waals surface area contributed by atoms with Crippen LogP contribution in [0.25, 0.3) is 21.7 Å². The Kier molecular flexibility index (Phi) is 5.91. The van der Waals surface area contributed by atoms with Crippen molar-refractivity contribution in [3.63, 3.8) is 0 Å². The Labute approximate surface area is 198 Å². The second-order valence-electron chi connectivity index (χ2n) is 7.46. The molecule has 0 aliphatic carbocycles. The third-order valence-electron chi connectivity index (χ3n) is 5.25. The number of rotatable bonds is 6. The first-order valence-corrected chi connectivity index (χ1v) is 11.2. The van der Waals surface area contributed by atoms with Crippen LogP contribution in [0.15, 0.2) is 105 Å². The average molecular weight is 499 g/mol. The van der Waals surface area contributed by atoms with Gasteiger partial charge in [-0.2, -0.15) is 5.10 Å². The van der Waals surface area contributed by atoms with E-state index >= 15 is 0 Å². The molecule has 0 unspecified atom stereocenters. The van der Waals surface area contributed by atoms with Crippen LogP contribution in [0.2, 0.25) is 0 Å². The number of fused-ring (bicyclic) bond motifs is 2. The Bertz CT molecular complexity index is 1480. The van der Waals surface area contributed by atoms with Crippen LogP contribution in [-0.4, -0.2) is 12.1 Å². The number of carbonyl (C=O) groups is 1. The number of halogens is 1. The second kappa shape index (κ2) is 9.30. The highest BCUT2D eigenvalue weighted by Gasteiger charge is 2.12. The quantitative estimate of drug-likeness (QED) is 0.209. The minimum absolute atomic E-state index is 0.195. The van der Waals surface area contributed by atoms with Gasteiger partial charge in [0.1, 0.15) is 17.9 Å². The number of furan rings is 1.